The van der Waals surface area contributed by atoms with Gasteiger partial charge < -0.3 is 9.57 Å². The van der Waals surface area contributed by atoms with Crippen molar-refractivity contribution in [1.29, 1.82) is 0 Å². The van der Waals surface area contributed by atoms with Crippen molar-refractivity contribution >= 4 is 11.7 Å². The first kappa shape index (κ1) is 8.04. The first-order valence-electron chi connectivity index (χ1n) is 3.36. The summed E-state index contributed by atoms with van der Waals surface area (Å²) in [6.07, 6.45) is 0. The molecule has 1 heterocycles. The molecular formula is C7H11NO3. The third-order valence-electron chi connectivity index (χ3n) is 1.58. The van der Waals surface area contributed by atoms with Gasteiger partial charge in [-0.15, -0.1) is 0 Å². The third kappa shape index (κ3) is 1.34. The molecule has 1 aliphatic heterocycles. The average Bonchev–Trinajstić information content (AvgIpc) is 2.16. The van der Waals surface area contributed by atoms with Gasteiger partial charge in [0.2, 0.25) is 0 Å². The SMILES string of the molecule is CO/[15N]=C1\C(=O)OCC1(C)C. The molecule has 0 amide bonds. The minimum Gasteiger partial charge on any atom is -0.460 e. The van der Waals surface area contributed by atoms with Crippen LogP contribution in [-0.4, -0.2) is 25.4 Å². The zero-order chi connectivity index (χ0) is 8.48. The highest BCUT2D eigenvalue weighted by atomic mass is 16.8. The minimum absolute atomic E-state index is 0.312. The summed E-state index contributed by atoms with van der Waals surface area (Å²) in [5, 5.41) is 3.60. The molecule has 1 rings (SSSR count). The Kier molecular flexibility index (Phi) is 1.85. The highest BCUT2D eigenvalue weighted by Gasteiger charge is 2.40. The van der Waals surface area contributed by atoms with Gasteiger partial charge >= 0.3 is 5.97 Å². The van der Waals surface area contributed by atoms with E-state index in [1.165, 1.54) is 7.11 Å². The maximum absolute atomic E-state index is 10.9. The number of carbonyl (C=O) groups is 1. The molecule has 0 radical (unpaired) electrons. The van der Waals surface area contributed by atoms with E-state index in [4.69, 9.17) is 4.74 Å². The maximum Gasteiger partial charge on any atom is 0.356 e. The topological polar surface area (TPSA) is 47.9 Å². The van der Waals surface area contributed by atoms with Crippen molar-refractivity contribution < 1.29 is 14.4 Å². The summed E-state index contributed by atoms with van der Waals surface area (Å²) in [6, 6.07) is 0. The van der Waals surface area contributed by atoms with Crippen molar-refractivity contribution in [1.82, 2.24) is 0 Å². The number of nitrogens with zero attached hydrogens (tertiary/aromatic N) is 1. The van der Waals surface area contributed by atoms with Crippen LogP contribution in [0.4, 0.5) is 0 Å². The van der Waals surface area contributed by atoms with Gasteiger partial charge in [-0.1, -0.05) is 19.0 Å². The lowest BCUT2D eigenvalue weighted by atomic mass is 9.91. The molecule has 1 saturated heterocycles. The van der Waals surface area contributed by atoms with Crippen molar-refractivity contribution in [2.75, 3.05) is 13.7 Å². The molecule has 0 N–H and O–H groups in total. The van der Waals surface area contributed by atoms with Crippen molar-refractivity contribution in [2.24, 2.45) is 10.6 Å². The Morgan fingerprint density at radius 2 is 2.27 bits per heavy atom. The van der Waals surface area contributed by atoms with Crippen LogP contribution in [0.3, 0.4) is 0 Å². The number of ether oxygens (including phenoxy) is 1. The Morgan fingerprint density at radius 1 is 1.64 bits per heavy atom. The molecule has 4 nitrogen and oxygen atoms in total. The summed E-state index contributed by atoms with van der Waals surface area (Å²) in [5.74, 6) is -0.378. The predicted octanol–water partition coefficient (Wildman–Crippen LogP) is 0.572. The van der Waals surface area contributed by atoms with Crippen LogP contribution < -0.4 is 0 Å². The highest BCUT2D eigenvalue weighted by Crippen LogP contribution is 2.25. The Hall–Kier alpha value is -1.06. The van der Waals surface area contributed by atoms with E-state index < -0.39 is 0 Å². The summed E-state index contributed by atoms with van der Waals surface area (Å²) >= 11 is 0. The highest BCUT2D eigenvalue weighted by molar-refractivity contribution is 6.39. The van der Waals surface area contributed by atoms with Crippen LogP contribution in [0.5, 0.6) is 0 Å². The fourth-order valence-electron chi connectivity index (χ4n) is 0.911. The predicted molar refractivity (Wildman–Crippen MR) is 39.2 cm³/mol. The molecule has 1 aliphatic rings. The lowest BCUT2D eigenvalue weighted by Crippen LogP contribution is -2.24. The second-order valence-corrected chi connectivity index (χ2v) is 3.08. The van der Waals surface area contributed by atoms with E-state index in [0.29, 0.717) is 12.3 Å². The monoisotopic (exact) mass is 158 g/mol. The number of carbonyl (C=O) groups excluding carboxylic acids is 1. The average molecular weight is 158 g/mol. The van der Waals surface area contributed by atoms with Gasteiger partial charge in [0.25, 0.3) is 0 Å². The van der Waals surface area contributed by atoms with Crippen LogP contribution in [0.25, 0.3) is 0 Å². The lowest BCUT2D eigenvalue weighted by molar-refractivity contribution is -0.133. The quantitative estimate of drug-likeness (QED) is 0.318. The number of oxime groups is 1. The maximum atomic E-state index is 10.9. The van der Waals surface area contributed by atoms with Gasteiger partial charge in [0.1, 0.15) is 13.7 Å². The number of hydrogen-bond acceptors (Lipinski definition) is 4. The molecular weight excluding hydrogens is 147 g/mol. The Morgan fingerprint density at radius 3 is 2.64 bits per heavy atom. The molecule has 0 unspecified atom stereocenters. The molecule has 1 fully saturated rings. The molecule has 62 valence electrons. The third-order valence-corrected chi connectivity index (χ3v) is 1.58. The van der Waals surface area contributed by atoms with Gasteiger partial charge in [-0.05, 0) is 0 Å². The number of cyclic esters (lactones) is 1. The van der Waals surface area contributed by atoms with E-state index in [-0.39, 0.29) is 11.4 Å². The lowest BCUT2D eigenvalue weighted by Gasteiger charge is -2.11. The van der Waals surface area contributed by atoms with Crippen LogP contribution >= 0.6 is 0 Å². The first-order chi connectivity index (χ1) is 5.08. The molecule has 0 bridgehead atoms. The van der Waals surface area contributed by atoms with E-state index in [2.05, 4.69) is 9.99 Å². The molecule has 0 aromatic carbocycles. The van der Waals surface area contributed by atoms with Crippen molar-refractivity contribution in [2.45, 2.75) is 13.8 Å². The van der Waals surface area contributed by atoms with Crippen LogP contribution in [0.2, 0.25) is 0 Å². The van der Waals surface area contributed by atoms with Crippen molar-refractivity contribution in [3.8, 4) is 0 Å². The first-order valence-corrected chi connectivity index (χ1v) is 3.36. The number of rotatable bonds is 1. The molecule has 0 spiro atoms. The van der Waals surface area contributed by atoms with E-state index in [1.807, 2.05) is 13.8 Å². The second-order valence-electron chi connectivity index (χ2n) is 3.08. The van der Waals surface area contributed by atoms with Gasteiger partial charge in [0.05, 0.1) is 5.41 Å². The van der Waals surface area contributed by atoms with E-state index >= 15 is 0 Å². The summed E-state index contributed by atoms with van der Waals surface area (Å²) in [7, 11) is 1.41. The summed E-state index contributed by atoms with van der Waals surface area (Å²) in [4.78, 5) is 15.5. The second kappa shape index (κ2) is 2.53. The summed E-state index contributed by atoms with van der Waals surface area (Å²) in [5.41, 5.74) is 0.0487. The number of esters is 1. The van der Waals surface area contributed by atoms with E-state index in [0.717, 1.165) is 0 Å². The van der Waals surface area contributed by atoms with Gasteiger partial charge in [0, 0.05) is 0 Å². The zero-order valence-corrected chi connectivity index (χ0v) is 6.88. The molecule has 0 atom stereocenters. The number of hydrogen-bond donors (Lipinski definition) is 0. The van der Waals surface area contributed by atoms with Crippen molar-refractivity contribution in [3.63, 3.8) is 0 Å². The van der Waals surface area contributed by atoms with Gasteiger partial charge in [-0.3, -0.25) is 0 Å². The zero-order valence-electron chi connectivity index (χ0n) is 6.88. The molecule has 0 aromatic heterocycles. The fraction of sp³-hybridized carbons (Fsp3) is 0.714. The van der Waals surface area contributed by atoms with Gasteiger partial charge in [0.15, 0.2) is 5.71 Å². The smallest absolute Gasteiger partial charge is 0.356 e. The summed E-state index contributed by atoms with van der Waals surface area (Å²) < 4.78 is 4.78. The standard InChI is InChI=1S/C7H11NO3/c1-7(2)4-11-6(9)5(7)8-10-3/h4H2,1-3H3/b8-5+/i8+1. The van der Waals surface area contributed by atoms with E-state index in [1.54, 1.807) is 0 Å². The van der Waals surface area contributed by atoms with Crippen molar-refractivity contribution in [3.05, 3.63) is 0 Å². The molecule has 11 heavy (non-hydrogen) atoms. The molecule has 0 saturated carbocycles. The Balaban J connectivity index is 2.89. The Bertz CT molecular complexity index is 208. The molecule has 4 heteroatoms. The largest absolute Gasteiger partial charge is 0.460 e. The minimum atomic E-state index is -0.378. The summed E-state index contributed by atoms with van der Waals surface area (Å²) in [6.45, 7) is 4.15. The molecule has 0 aliphatic carbocycles. The van der Waals surface area contributed by atoms with Crippen LogP contribution in [0.15, 0.2) is 5.16 Å². The Labute approximate surface area is 65.2 Å². The van der Waals surface area contributed by atoms with Crippen LogP contribution in [-0.2, 0) is 14.4 Å². The van der Waals surface area contributed by atoms with Gasteiger partial charge in [-0.2, -0.15) is 0 Å². The normalized spacial score (nSPS) is 25.4. The van der Waals surface area contributed by atoms with E-state index in [9.17, 15) is 4.79 Å². The van der Waals surface area contributed by atoms with Crippen LogP contribution in [0, 0.1) is 5.41 Å². The molecule has 0 aromatic rings. The fourth-order valence-corrected chi connectivity index (χ4v) is 0.911. The van der Waals surface area contributed by atoms with Gasteiger partial charge in [-0.25, -0.2) is 4.79 Å². The van der Waals surface area contributed by atoms with Crippen LogP contribution in [0.1, 0.15) is 13.8 Å².